The van der Waals surface area contributed by atoms with Crippen LogP contribution < -0.4 is 5.32 Å². The smallest absolute Gasteiger partial charge is 0.185 e. The molecule has 0 amide bonds. The van der Waals surface area contributed by atoms with Gasteiger partial charge in [0.25, 0.3) is 0 Å². The summed E-state index contributed by atoms with van der Waals surface area (Å²) in [6.45, 7) is 5.95. The maximum Gasteiger partial charge on any atom is 0.185 e. The molecule has 0 aliphatic carbocycles. The Morgan fingerprint density at radius 1 is 1.10 bits per heavy atom. The Morgan fingerprint density at radius 3 is 2.14 bits per heavy atom. The highest BCUT2D eigenvalue weighted by Crippen LogP contribution is 2.27. The summed E-state index contributed by atoms with van der Waals surface area (Å²) in [6, 6.07) is 0.177. The van der Waals surface area contributed by atoms with Crippen molar-refractivity contribution in [2.24, 2.45) is 0 Å². The van der Waals surface area contributed by atoms with Crippen molar-refractivity contribution in [3.8, 4) is 0 Å². The lowest BCUT2D eigenvalue weighted by molar-refractivity contribution is 0.458. The fraction of sp³-hybridized carbons (Fsp3) is 0.357. The highest BCUT2D eigenvalue weighted by atomic mass is 32.1. The Balaban J connectivity index is 2.19. The van der Waals surface area contributed by atoms with Crippen LogP contribution in [0.4, 0.5) is 23.2 Å². The summed E-state index contributed by atoms with van der Waals surface area (Å²) in [7, 11) is 0. The minimum atomic E-state index is -1.44. The molecule has 7 heteroatoms. The number of hydrogen-bond acceptors (Lipinski definition) is 3. The minimum absolute atomic E-state index is 0.0245. The van der Waals surface area contributed by atoms with Gasteiger partial charge in [-0.05, 0) is 0 Å². The van der Waals surface area contributed by atoms with Gasteiger partial charge in [-0.3, -0.25) is 0 Å². The van der Waals surface area contributed by atoms with Gasteiger partial charge in [0.1, 0.15) is 5.69 Å². The second-order valence-corrected chi connectivity index (χ2v) is 6.45. The van der Waals surface area contributed by atoms with E-state index in [1.54, 1.807) is 5.38 Å². The van der Waals surface area contributed by atoms with Gasteiger partial charge in [0, 0.05) is 16.9 Å². The molecule has 2 rings (SSSR count). The molecule has 1 heterocycles. The topological polar surface area (TPSA) is 24.9 Å². The summed E-state index contributed by atoms with van der Waals surface area (Å²) in [6.07, 6.45) is 0. The van der Waals surface area contributed by atoms with Gasteiger partial charge in [0.05, 0.1) is 17.2 Å². The number of aromatic nitrogens is 1. The molecule has 2 nitrogen and oxygen atoms in total. The predicted octanol–water partition coefficient (Wildman–Crippen LogP) is 4.61. The monoisotopic (exact) mass is 318 g/mol. The van der Waals surface area contributed by atoms with E-state index >= 15 is 0 Å². The highest BCUT2D eigenvalue weighted by Gasteiger charge is 2.20. The van der Waals surface area contributed by atoms with Crippen LogP contribution in [0, 0.1) is 23.3 Å². The fourth-order valence-electron chi connectivity index (χ4n) is 1.64. The molecule has 0 saturated carbocycles. The number of benzene rings is 1. The van der Waals surface area contributed by atoms with E-state index in [1.165, 1.54) is 11.3 Å². The maximum absolute atomic E-state index is 13.5. The van der Waals surface area contributed by atoms with Crippen LogP contribution in [0.5, 0.6) is 0 Å². The Morgan fingerprint density at radius 2 is 1.67 bits per heavy atom. The number of anilines is 1. The Hall–Kier alpha value is -1.63. The van der Waals surface area contributed by atoms with Crippen LogP contribution in [0.15, 0.2) is 11.4 Å². The Labute approximate surface area is 123 Å². The number of nitrogens with zero attached hydrogens (tertiary/aromatic N) is 1. The lowest BCUT2D eigenvalue weighted by Gasteiger charge is -2.13. The van der Waals surface area contributed by atoms with Crippen molar-refractivity contribution in [1.82, 2.24) is 4.98 Å². The predicted molar refractivity (Wildman–Crippen MR) is 74.4 cm³/mol. The van der Waals surface area contributed by atoms with Crippen molar-refractivity contribution in [3.63, 3.8) is 0 Å². The molecule has 0 unspecified atom stereocenters. The number of hydrogen-bond donors (Lipinski definition) is 1. The largest absolute Gasteiger partial charge is 0.374 e. The summed E-state index contributed by atoms with van der Waals surface area (Å²) in [5.41, 5.74) is -0.407. The number of halogens is 4. The van der Waals surface area contributed by atoms with E-state index in [0.29, 0.717) is 5.69 Å². The molecule has 0 bridgehead atoms. The summed E-state index contributed by atoms with van der Waals surface area (Å²) in [4.78, 5) is 4.32. The molecule has 0 aliphatic heterocycles. The van der Waals surface area contributed by atoms with Crippen molar-refractivity contribution in [3.05, 3.63) is 45.4 Å². The van der Waals surface area contributed by atoms with Gasteiger partial charge in [0.2, 0.25) is 0 Å². The fourth-order valence-corrected chi connectivity index (χ4v) is 2.55. The molecule has 1 aromatic carbocycles. The molecule has 21 heavy (non-hydrogen) atoms. The van der Waals surface area contributed by atoms with Crippen LogP contribution in [-0.4, -0.2) is 4.98 Å². The van der Waals surface area contributed by atoms with E-state index in [2.05, 4.69) is 10.3 Å². The summed E-state index contributed by atoms with van der Waals surface area (Å²) in [5, 5.41) is 4.96. The van der Waals surface area contributed by atoms with Crippen LogP contribution in [0.3, 0.4) is 0 Å². The van der Waals surface area contributed by atoms with E-state index < -0.39 is 29.0 Å². The molecule has 0 spiro atoms. The second-order valence-electron chi connectivity index (χ2n) is 5.59. The van der Waals surface area contributed by atoms with Crippen molar-refractivity contribution < 1.29 is 17.6 Å². The van der Waals surface area contributed by atoms with E-state index in [4.69, 9.17) is 0 Å². The van der Waals surface area contributed by atoms with Gasteiger partial charge in [0.15, 0.2) is 23.3 Å². The van der Waals surface area contributed by atoms with Crippen LogP contribution in [-0.2, 0) is 12.0 Å². The highest BCUT2D eigenvalue weighted by molar-refractivity contribution is 7.09. The molecular weight excluding hydrogens is 304 g/mol. The summed E-state index contributed by atoms with van der Waals surface area (Å²) in [5.74, 6) is -5.77. The van der Waals surface area contributed by atoms with Gasteiger partial charge in [-0.2, -0.15) is 0 Å². The molecule has 0 atom stereocenters. The first-order valence-corrected chi connectivity index (χ1v) is 7.10. The van der Waals surface area contributed by atoms with Gasteiger partial charge in [-0.1, -0.05) is 20.8 Å². The first-order valence-electron chi connectivity index (χ1n) is 6.22. The average molecular weight is 318 g/mol. The van der Waals surface area contributed by atoms with E-state index in [-0.39, 0.29) is 18.0 Å². The van der Waals surface area contributed by atoms with Gasteiger partial charge < -0.3 is 5.32 Å². The average Bonchev–Trinajstić information content (AvgIpc) is 2.85. The zero-order valence-electron chi connectivity index (χ0n) is 11.7. The zero-order valence-corrected chi connectivity index (χ0v) is 12.5. The normalized spacial score (nSPS) is 11.8. The van der Waals surface area contributed by atoms with E-state index in [1.807, 2.05) is 20.8 Å². The first kappa shape index (κ1) is 15.8. The third kappa shape index (κ3) is 3.34. The summed E-state index contributed by atoms with van der Waals surface area (Å²) >= 11 is 1.42. The van der Waals surface area contributed by atoms with Gasteiger partial charge in [-0.25, -0.2) is 22.5 Å². The van der Waals surface area contributed by atoms with Crippen molar-refractivity contribution in [1.29, 1.82) is 0 Å². The zero-order chi connectivity index (χ0) is 15.8. The molecule has 1 aromatic heterocycles. The standard InChI is InChI=1S/C14H14F4N2S/c1-14(2,3)13-20-7(6-21-13)5-19-12-10(17)8(15)4-9(16)11(12)18/h4,6,19H,5H2,1-3H3. The molecule has 114 valence electrons. The molecule has 0 fully saturated rings. The molecule has 0 radical (unpaired) electrons. The number of rotatable bonds is 3. The van der Waals surface area contributed by atoms with Crippen molar-refractivity contribution >= 4 is 17.0 Å². The molecule has 0 saturated heterocycles. The SMILES string of the molecule is CC(C)(C)c1nc(CNc2c(F)c(F)cc(F)c2F)cs1. The number of thiazole rings is 1. The van der Waals surface area contributed by atoms with Crippen LogP contribution in [0.25, 0.3) is 0 Å². The molecule has 0 aliphatic rings. The minimum Gasteiger partial charge on any atom is -0.374 e. The summed E-state index contributed by atoms with van der Waals surface area (Å²) < 4.78 is 53.1. The van der Waals surface area contributed by atoms with Gasteiger partial charge in [-0.15, -0.1) is 11.3 Å². The molecular formula is C14H14F4N2S. The Bertz CT molecular complexity index is 635. The lowest BCUT2D eigenvalue weighted by atomic mass is 9.98. The van der Waals surface area contributed by atoms with E-state index in [9.17, 15) is 17.6 Å². The quantitative estimate of drug-likeness (QED) is 0.660. The van der Waals surface area contributed by atoms with Crippen molar-refractivity contribution in [2.45, 2.75) is 32.7 Å². The maximum atomic E-state index is 13.5. The molecule has 2 aromatic rings. The number of nitrogens with one attached hydrogen (secondary N) is 1. The van der Waals surface area contributed by atoms with Crippen LogP contribution in [0.1, 0.15) is 31.5 Å². The van der Waals surface area contributed by atoms with Gasteiger partial charge >= 0.3 is 0 Å². The Kier molecular flexibility index (Phi) is 4.22. The third-order valence-electron chi connectivity index (χ3n) is 2.75. The molecule has 1 N–H and O–H groups in total. The lowest BCUT2D eigenvalue weighted by Crippen LogP contribution is -2.11. The first-order chi connectivity index (χ1) is 9.70. The van der Waals surface area contributed by atoms with E-state index in [0.717, 1.165) is 5.01 Å². The second kappa shape index (κ2) is 5.63. The van der Waals surface area contributed by atoms with Crippen LogP contribution in [0.2, 0.25) is 0 Å². The van der Waals surface area contributed by atoms with Crippen molar-refractivity contribution in [2.75, 3.05) is 5.32 Å². The third-order valence-corrected chi connectivity index (χ3v) is 4.07. The van der Waals surface area contributed by atoms with Crippen LogP contribution >= 0.6 is 11.3 Å².